The summed E-state index contributed by atoms with van der Waals surface area (Å²) in [5.41, 5.74) is 0.852. The Bertz CT molecular complexity index is 231. The fraction of sp³-hybridized carbons (Fsp3) is 0. The van der Waals surface area contributed by atoms with E-state index in [2.05, 4.69) is 38.8 Å². The van der Waals surface area contributed by atoms with Crippen LogP contribution in [0.2, 0.25) is 0 Å². The highest BCUT2D eigenvalue weighted by atomic mass is 79.9. The summed E-state index contributed by atoms with van der Waals surface area (Å²) < 4.78 is 1.45. The molecule has 10 heavy (non-hydrogen) atoms. The minimum Gasteiger partial charge on any atom is -0.507 e. The van der Waals surface area contributed by atoms with Gasteiger partial charge in [-0.05, 0) is 50.4 Å². The van der Waals surface area contributed by atoms with E-state index < -0.39 is 0 Å². The van der Waals surface area contributed by atoms with E-state index in [1.54, 1.807) is 12.1 Å². The summed E-state index contributed by atoms with van der Waals surface area (Å²) in [4.78, 5) is 0. The van der Waals surface area contributed by atoms with Crippen LogP contribution in [0.3, 0.4) is 0 Å². The number of rotatable bonds is 0. The minimum absolute atomic E-state index is 0.222. The molecule has 0 aliphatic heterocycles. The number of halogens is 2. The van der Waals surface area contributed by atoms with Gasteiger partial charge in [0, 0.05) is 4.47 Å². The Morgan fingerprint density at radius 3 is 2.30 bits per heavy atom. The van der Waals surface area contributed by atoms with Gasteiger partial charge >= 0.3 is 0 Å². The van der Waals surface area contributed by atoms with Gasteiger partial charge < -0.3 is 5.11 Å². The van der Waals surface area contributed by atoms with Crippen molar-refractivity contribution in [3.63, 3.8) is 0 Å². The van der Waals surface area contributed by atoms with Crippen molar-refractivity contribution in [1.29, 1.82) is 0 Å². The molecule has 1 aromatic carbocycles. The van der Waals surface area contributed by atoms with Crippen LogP contribution in [0.4, 0.5) is 0 Å². The highest BCUT2D eigenvalue weighted by molar-refractivity contribution is 9.13. The van der Waals surface area contributed by atoms with Crippen molar-refractivity contribution < 1.29 is 5.11 Å². The third-order valence-electron chi connectivity index (χ3n) is 1.14. The second kappa shape index (κ2) is 2.93. The number of hydrogen-bond donors (Lipinski definition) is 1. The van der Waals surface area contributed by atoms with Crippen LogP contribution in [0.25, 0.3) is 0 Å². The summed E-state index contributed by atoms with van der Waals surface area (Å²) >= 11 is 6.45. The lowest BCUT2D eigenvalue weighted by Gasteiger charge is -2.01. The molecule has 1 N–H and O–H groups in total. The lowest BCUT2D eigenvalue weighted by molar-refractivity contribution is 0.471. The van der Waals surface area contributed by atoms with Gasteiger partial charge in [0.1, 0.15) is 5.75 Å². The molecule has 0 bridgehead atoms. The fourth-order valence-electron chi connectivity index (χ4n) is 0.579. The highest BCUT2D eigenvalue weighted by Crippen LogP contribution is 2.33. The van der Waals surface area contributed by atoms with Crippen molar-refractivity contribution in [2.45, 2.75) is 0 Å². The molecule has 0 aliphatic rings. The van der Waals surface area contributed by atoms with Gasteiger partial charge in [-0.2, -0.15) is 0 Å². The zero-order valence-electron chi connectivity index (χ0n) is 5.06. The minimum atomic E-state index is 0.222. The first kappa shape index (κ1) is 8.08. The highest BCUT2D eigenvalue weighted by Gasteiger charge is 2.03. The Balaban J connectivity index is 3.34. The lowest BCUT2D eigenvalue weighted by Crippen LogP contribution is -1.76. The molecule has 1 nitrogen and oxygen atoms in total. The lowest BCUT2D eigenvalue weighted by atomic mass is 10.2. The van der Waals surface area contributed by atoms with Crippen molar-refractivity contribution in [3.05, 3.63) is 33.6 Å². The third-order valence-corrected chi connectivity index (χ3v) is 3.38. The van der Waals surface area contributed by atoms with Crippen molar-refractivity contribution >= 4 is 31.9 Å². The molecule has 0 amide bonds. The van der Waals surface area contributed by atoms with Crippen molar-refractivity contribution in [2.75, 3.05) is 0 Å². The van der Waals surface area contributed by atoms with Crippen LogP contribution >= 0.6 is 31.9 Å². The summed E-state index contributed by atoms with van der Waals surface area (Å²) in [6.45, 7) is 3.73. The van der Waals surface area contributed by atoms with E-state index in [-0.39, 0.29) is 5.75 Å². The van der Waals surface area contributed by atoms with Crippen LogP contribution in [-0.2, 0) is 0 Å². The van der Waals surface area contributed by atoms with Crippen LogP contribution in [0.15, 0.2) is 21.1 Å². The van der Waals surface area contributed by atoms with Gasteiger partial charge in [-0.25, -0.2) is 0 Å². The van der Waals surface area contributed by atoms with E-state index >= 15 is 0 Å². The van der Waals surface area contributed by atoms with Crippen LogP contribution in [0.1, 0.15) is 5.56 Å². The molecule has 1 radical (unpaired) electrons. The Labute approximate surface area is 76.3 Å². The molecule has 0 atom stereocenters. The Hall–Kier alpha value is -0.0200. The average molecular weight is 265 g/mol. The van der Waals surface area contributed by atoms with E-state index in [1.807, 2.05) is 0 Å². The molecule has 0 heterocycles. The van der Waals surface area contributed by atoms with Crippen LogP contribution in [-0.4, -0.2) is 5.11 Å². The van der Waals surface area contributed by atoms with Gasteiger partial charge in [0.25, 0.3) is 0 Å². The summed E-state index contributed by atoms with van der Waals surface area (Å²) in [5.74, 6) is 0.222. The summed E-state index contributed by atoms with van der Waals surface area (Å²) in [7, 11) is 0. The zero-order chi connectivity index (χ0) is 7.72. The molecule has 0 spiro atoms. The summed E-state index contributed by atoms with van der Waals surface area (Å²) in [6.07, 6.45) is 0. The monoisotopic (exact) mass is 263 g/mol. The first-order valence-electron chi connectivity index (χ1n) is 2.62. The van der Waals surface area contributed by atoms with Gasteiger partial charge in [-0.1, -0.05) is 6.07 Å². The van der Waals surface area contributed by atoms with Gasteiger partial charge in [-0.3, -0.25) is 0 Å². The summed E-state index contributed by atoms with van der Waals surface area (Å²) in [6, 6.07) is 3.33. The second-order valence-electron chi connectivity index (χ2n) is 1.87. The van der Waals surface area contributed by atoms with E-state index in [0.29, 0.717) is 4.47 Å². The SMILES string of the molecule is [CH2]c1ccc(O)c(Br)c1Br. The first-order chi connectivity index (χ1) is 4.63. The van der Waals surface area contributed by atoms with Gasteiger partial charge in [0.15, 0.2) is 0 Å². The van der Waals surface area contributed by atoms with E-state index in [0.717, 1.165) is 10.0 Å². The van der Waals surface area contributed by atoms with E-state index in [1.165, 1.54) is 0 Å². The van der Waals surface area contributed by atoms with Gasteiger partial charge in [-0.15, -0.1) is 0 Å². The predicted molar refractivity (Wildman–Crippen MR) is 48.0 cm³/mol. The predicted octanol–water partition coefficient (Wildman–Crippen LogP) is 3.10. The average Bonchev–Trinajstić information content (AvgIpc) is 1.93. The zero-order valence-corrected chi connectivity index (χ0v) is 8.24. The largest absolute Gasteiger partial charge is 0.507 e. The second-order valence-corrected chi connectivity index (χ2v) is 3.46. The first-order valence-corrected chi connectivity index (χ1v) is 4.20. The molecule has 3 heteroatoms. The topological polar surface area (TPSA) is 20.2 Å². The van der Waals surface area contributed by atoms with Crippen molar-refractivity contribution in [3.8, 4) is 5.75 Å². The molecule has 0 unspecified atom stereocenters. The number of hydrogen-bond acceptors (Lipinski definition) is 1. The summed E-state index contributed by atoms with van der Waals surface area (Å²) in [5, 5.41) is 9.12. The molecular formula is C7H5Br2O. The number of phenolic OH excluding ortho intramolecular Hbond substituents is 1. The maximum absolute atomic E-state index is 9.12. The van der Waals surface area contributed by atoms with Crippen LogP contribution < -0.4 is 0 Å². The number of aromatic hydroxyl groups is 1. The molecule has 0 saturated heterocycles. The van der Waals surface area contributed by atoms with E-state index in [4.69, 9.17) is 5.11 Å². The van der Waals surface area contributed by atoms with Gasteiger partial charge in [0.05, 0.1) is 4.47 Å². The van der Waals surface area contributed by atoms with Crippen molar-refractivity contribution in [1.82, 2.24) is 0 Å². The van der Waals surface area contributed by atoms with Crippen LogP contribution in [0, 0.1) is 6.92 Å². The normalized spacial score (nSPS) is 9.90. The Morgan fingerprint density at radius 2 is 1.80 bits per heavy atom. The quantitative estimate of drug-likeness (QED) is 0.764. The molecular weight excluding hydrogens is 260 g/mol. The molecule has 0 fully saturated rings. The molecule has 0 aliphatic carbocycles. The van der Waals surface area contributed by atoms with Crippen molar-refractivity contribution in [2.24, 2.45) is 0 Å². The molecule has 53 valence electrons. The molecule has 1 aromatic rings. The fourth-order valence-corrected chi connectivity index (χ4v) is 1.30. The molecule has 0 aromatic heterocycles. The van der Waals surface area contributed by atoms with Gasteiger partial charge in [0.2, 0.25) is 0 Å². The standard InChI is InChI=1S/C7H5Br2O/c1-4-2-3-5(10)7(9)6(4)8/h2-3,10H,1H2. The number of phenols is 1. The molecule has 1 rings (SSSR count). The smallest absolute Gasteiger partial charge is 0.130 e. The Kier molecular flexibility index (Phi) is 2.36. The molecule has 0 saturated carbocycles. The van der Waals surface area contributed by atoms with E-state index in [9.17, 15) is 0 Å². The maximum Gasteiger partial charge on any atom is 0.130 e. The Morgan fingerprint density at radius 1 is 1.20 bits per heavy atom. The third kappa shape index (κ3) is 1.35. The number of benzene rings is 1. The van der Waals surface area contributed by atoms with Crippen LogP contribution in [0.5, 0.6) is 5.75 Å². The maximum atomic E-state index is 9.12.